The topological polar surface area (TPSA) is 54.4 Å². The van der Waals surface area contributed by atoms with Gasteiger partial charge in [0.1, 0.15) is 0 Å². The predicted molar refractivity (Wildman–Crippen MR) is 64.5 cm³/mol. The molecule has 0 amide bonds. The Balaban J connectivity index is 2.50. The molecule has 0 aromatic heterocycles. The molecule has 0 radical (unpaired) electrons. The van der Waals surface area contributed by atoms with Crippen LogP contribution in [0, 0.1) is 11.3 Å². The van der Waals surface area contributed by atoms with Crippen LogP contribution in [0.25, 0.3) is 0 Å². The maximum atomic E-state index is 11.4. The monoisotopic (exact) mass is 232 g/mol. The van der Waals surface area contributed by atoms with E-state index in [1.165, 1.54) is 0 Å². The highest BCUT2D eigenvalue weighted by atomic mass is 16.4. The van der Waals surface area contributed by atoms with Crippen molar-refractivity contribution in [3.63, 3.8) is 0 Å². The van der Waals surface area contributed by atoms with Crippen molar-refractivity contribution >= 4 is 11.8 Å². The van der Waals surface area contributed by atoms with Crippen LogP contribution in [0.1, 0.15) is 26.7 Å². The van der Waals surface area contributed by atoms with Gasteiger partial charge in [-0.3, -0.25) is 4.79 Å². The molecule has 0 bridgehead atoms. The number of carbonyl (C=O) groups is 2. The Hall–Kier alpha value is -1.64. The molecule has 2 rings (SSSR count). The fourth-order valence-corrected chi connectivity index (χ4v) is 2.42. The van der Waals surface area contributed by atoms with E-state index in [2.05, 4.69) is 6.92 Å². The van der Waals surface area contributed by atoms with Crippen LogP contribution >= 0.6 is 0 Å². The summed E-state index contributed by atoms with van der Waals surface area (Å²) in [5.41, 5.74) is 1.04. The summed E-state index contributed by atoms with van der Waals surface area (Å²) in [6.45, 7) is 3.97. The molecule has 0 heterocycles. The lowest BCUT2D eigenvalue weighted by molar-refractivity contribution is -0.133. The number of carbonyl (C=O) groups excluding carboxylic acids is 1. The molecule has 0 saturated heterocycles. The number of hydrogen-bond donors (Lipinski definition) is 1. The number of aliphatic carboxylic acids is 1. The maximum Gasteiger partial charge on any atom is 0.331 e. The van der Waals surface area contributed by atoms with E-state index in [0.29, 0.717) is 5.57 Å². The van der Waals surface area contributed by atoms with E-state index in [1.807, 2.05) is 13.0 Å². The van der Waals surface area contributed by atoms with Crippen molar-refractivity contribution in [2.45, 2.75) is 26.7 Å². The van der Waals surface area contributed by atoms with Gasteiger partial charge in [-0.05, 0) is 42.6 Å². The molecule has 0 aromatic rings. The molecule has 2 aliphatic carbocycles. The summed E-state index contributed by atoms with van der Waals surface area (Å²) in [6.07, 6.45) is 8.41. The number of rotatable bonds is 1. The highest BCUT2D eigenvalue weighted by Gasteiger charge is 2.33. The molecule has 0 spiro atoms. The first-order valence-electron chi connectivity index (χ1n) is 5.83. The number of allylic oxidation sites excluding steroid dienone is 5. The molecule has 3 nitrogen and oxygen atoms in total. The minimum absolute atomic E-state index is 0.0272. The van der Waals surface area contributed by atoms with Gasteiger partial charge >= 0.3 is 5.97 Å². The molecule has 0 fully saturated rings. The molecule has 0 unspecified atom stereocenters. The van der Waals surface area contributed by atoms with Gasteiger partial charge in [-0.25, -0.2) is 4.79 Å². The predicted octanol–water partition coefficient (Wildman–Crippen LogP) is 2.50. The lowest BCUT2D eigenvalue weighted by atomic mass is 9.75. The zero-order valence-electron chi connectivity index (χ0n) is 10.1. The molecule has 1 N–H and O–H groups in total. The Morgan fingerprint density at radius 2 is 2.18 bits per heavy atom. The standard InChI is InChI=1S/C14H16O3/c1-9-3-5-14(2)6-4-11(15)7-10(14)8-12(9)13(16)17/h4,6-9H,3,5H2,1-2H3,(H,16,17)/t9-,14-/m0/s1. The second-order valence-corrected chi connectivity index (χ2v) is 5.10. The quantitative estimate of drug-likeness (QED) is 0.755. The third-order valence-corrected chi connectivity index (χ3v) is 3.76. The van der Waals surface area contributed by atoms with Crippen LogP contribution in [0.5, 0.6) is 0 Å². The molecule has 0 aromatic carbocycles. The van der Waals surface area contributed by atoms with Gasteiger partial charge < -0.3 is 5.11 Å². The van der Waals surface area contributed by atoms with Gasteiger partial charge in [0.15, 0.2) is 5.78 Å². The third-order valence-electron chi connectivity index (χ3n) is 3.76. The lowest BCUT2D eigenvalue weighted by Gasteiger charge is -2.28. The minimum Gasteiger partial charge on any atom is -0.478 e. The van der Waals surface area contributed by atoms with Crippen LogP contribution in [-0.2, 0) is 9.59 Å². The van der Waals surface area contributed by atoms with Crippen molar-refractivity contribution in [3.05, 3.63) is 35.5 Å². The SMILES string of the molecule is C[C@H]1CC[C@@]2(C)C=CC(=O)C=C2C=C1C(=O)O. The first-order chi connectivity index (χ1) is 7.92. The molecule has 2 aliphatic rings. The average molecular weight is 232 g/mol. The fourth-order valence-electron chi connectivity index (χ4n) is 2.42. The molecule has 2 atom stereocenters. The molecular formula is C14H16O3. The summed E-state index contributed by atoms with van der Waals surface area (Å²) in [4.78, 5) is 22.6. The first-order valence-corrected chi connectivity index (χ1v) is 5.83. The largest absolute Gasteiger partial charge is 0.478 e. The van der Waals surface area contributed by atoms with Crippen LogP contribution in [0.3, 0.4) is 0 Å². The number of ketones is 1. The highest BCUT2D eigenvalue weighted by molar-refractivity contribution is 6.02. The van der Waals surface area contributed by atoms with Gasteiger partial charge in [0.2, 0.25) is 0 Å². The van der Waals surface area contributed by atoms with Crippen molar-refractivity contribution in [1.82, 2.24) is 0 Å². The zero-order chi connectivity index (χ0) is 12.6. The zero-order valence-corrected chi connectivity index (χ0v) is 10.1. The molecular weight excluding hydrogens is 216 g/mol. The summed E-state index contributed by atoms with van der Waals surface area (Å²) in [7, 11) is 0. The Labute approximate surface area is 101 Å². The van der Waals surface area contributed by atoms with E-state index >= 15 is 0 Å². The second kappa shape index (κ2) is 3.99. The van der Waals surface area contributed by atoms with Crippen LogP contribution < -0.4 is 0 Å². The first kappa shape index (κ1) is 11.8. The lowest BCUT2D eigenvalue weighted by Crippen LogP contribution is -2.19. The highest BCUT2D eigenvalue weighted by Crippen LogP contribution is 2.42. The van der Waals surface area contributed by atoms with Crippen molar-refractivity contribution in [1.29, 1.82) is 0 Å². The van der Waals surface area contributed by atoms with Gasteiger partial charge in [0.05, 0.1) is 0 Å². The molecule has 0 aliphatic heterocycles. The number of fused-ring (bicyclic) bond motifs is 1. The van der Waals surface area contributed by atoms with Crippen LogP contribution in [0.15, 0.2) is 35.5 Å². The molecule has 17 heavy (non-hydrogen) atoms. The Morgan fingerprint density at radius 3 is 2.82 bits per heavy atom. The van der Waals surface area contributed by atoms with E-state index < -0.39 is 5.97 Å². The van der Waals surface area contributed by atoms with Gasteiger partial charge in [-0.1, -0.05) is 19.9 Å². The summed E-state index contributed by atoms with van der Waals surface area (Å²) >= 11 is 0. The van der Waals surface area contributed by atoms with Crippen molar-refractivity contribution in [2.75, 3.05) is 0 Å². The molecule has 90 valence electrons. The normalized spacial score (nSPS) is 32.4. The van der Waals surface area contributed by atoms with E-state index in [-0.39, 0.29) is 17.1 Å². The summed E-state index contributed by atoms with van der Waals surface area (Å²) in [5, 5.41) is 9.18. The number of carboxylic acids is 1. The molecule has 3 heteroatoms. The van der Waals surface area contributed by atoms with Crippen LogP contribution in [-0.4, -0.2) is 16.9 Å². The smallest absolute Gasteiger partial charge is 0.331 e. The second-order valence-electron chi connectivity index (χ2n) is 5.10. The third kappa shape index (κ3) is 2.09. The Morgan fingerprint density at radius 1 is 1.47 bits per heavy atom. The number of carboxylic acid groups (broad SMARTS) is 1. The summed E-state index contributed by atoms with van der Waals surface area (Å²) in [5.74, 6) is -0.919. The van der Waals surface area contributed by atoms with Crippen molar-refractivity contribution in [2.24, 2.45) is 11.3 Å². The van der Waals surface area contributed by atoms with Gasteiger partial charge in [0.25, 0.3) is 0 Å². The summed E-state index contributed by atoms with van der Waals surface area (Å²) < 4.78 is 0. The Kier molecular flexibility index (Phi) is 2.77. The fraction of sp³-hybridized carbons (Fsp3) is 0.429. The Bertz CT molecular complexity index is 468. The van der Waals surface area contributed by atoms with Crippen LogP contribution in [0.4, 0.5) is 0 Å². The van der Waals surface area contributed by atoms with Gasteiger partial charge in [-0.2, -0.15) is 0 Å². The van der Waals surface area contributed by atoms with E-state index in [1.54, 1.807) is 18.2 Å². The van der Waals surface area contributed by atoms with E-state index in [4.69, 9.17) is 0 Å². The minimum atomic E-state index is -0.885. The maximum absolute atomic E-state index is 11.4. The average Bonchev–Trinajstić information content (AvgIpc) is 2.38. The molecule has 0 saturated carbocycles. The van der Waals surface area contributed by atoms with E-state index in [0.717, 1.165) is 18.4 Å². The van der Waals surface area contributed by atoms with Crippen LogP contribution in [0.2, 0.25) is 0 Å². The summed E-state index contributed by atoms with van der Waals surface area (Å²) in [6, 6.07) is 0. The van der Waals surface area contributed by atoms with Gasteiger partial charge in [0, 0.05) is 11.0 Å². The van der Waals surface area contributed by atoms with E-state index in [9.17, 15) is 14.7 Å². The van der Waals surface area contributed by atoms with Crippen molar-refractivity contribution in [3.8, 4) is 0 Å². The van der Waals surface area contributed by atoms with Crippen molar-refractivity contribution < 1.29 is 14.7 Å². The number of hydrogen-bond acceptors (Lipinski definition) is 2. The van der Waals surface area contributed by atoms with Gasteiger partial charge in [-0.15, -0.1) is 0 Å².